The summed E-state index contributed by atoms with van der Waals surface area (Å²) in [6.07, 6.45) is 3.77. The molecule has 5 rings (SSSR count). The fourth-order valence-corrected chi connectivity index (χ4v) is 8.36. The van der Waals surface area contributed by atoms with E-state index in [-0.39, 0.29) is 17.9 Å². The van der Waals surface area contributed by atoms with Crippen molar-refractivity contribution < 1.29 is 30.0 Å². The summed E-state index contributed by atoms with van der Waals surface area (Å²) in [5, 5.41) is 45.8. The molecule has 1 aromatic rings. The standard InChI is InChI=1S/C28H38O6/c1-17(29)21-11-14-28(33)26(21,3)23(34-24(31)18-7-5-4-6-8-18)16-22-25(2)12-10-20(30)15-19(25)9-13-27(22,28)32/h4-9,17,20-23,29-30,32-33H,10-16H2,1-3H3/t17-,20-,21+,22+,23+,25-,26-,27-,28+/m0/s1. The van der Waals surface area contributed by atoms with Gasteiger partial charge in [-0.2, -0.15) is 0 Å². The molecule has 0 amide bonds. The Bertz CT molecular complexity index is 990. The molecule has 0 radical (unpaired) electrons. The van der Waals surface area contributed by atoms with Crippen molar-refractivity contribution in [1.82, 2.24) is 0 Å². The number of carbonyl (C=O) groups is 1. The molecule has 4 N–H and O–H groups in total. The molecular formula is C28H38O6. The summed E-state index contributed by atoms with van der Waals surface area (Å²) in [6.45, 7) is 5.74. The lowest BCUT2D eigenvalue weighted by atomic mass is 9.42. The molecule has 3 saturated carbocycles. The third-order valence-corrected chi connectivity index (χ3v) is 10.3. The Morgan fingerprint density at radius 1 is 1.12 bits per heavy atom. The van der Waals surface area contributed by atoms with Gasteiger partial charge < -0.3 is 25.2 Å². The third kappa shape index (κ3) is 3.05. The third-order valence-electron chi connectivity index (χ3n) is 10.3. The minimum Gasteiger partial charge on any atom is -0.458 e. The first kappa shape index (κ1) is 24.0. The number of hydrogen-bond donors (Lipinski definition) is 4. The van der Waals surface area contributed by atoms with Crippen LogP contribution in [0, 0.1) is 22.7 Å². The summed E-state index contributed by atoms with van der Waals surface area (Å²) in [5.74, 6) is -1.10. The highest BCUT2D eigenvalue weighted by Gasteiger charge is 2.77. The van der Waals surface area contributed by atoms with Gasteiger partial charge in [0.25, 0.3) is 0 Å². The zero-order valence-corrected chi connectivity index (χ0v) is 20.4. The van der Waals surface area contributed by atoms with Gasteiger partial charge in [0.15, 0.2) is 0 Å². The van der Waals surface area contributed by atoms with Crippen molar-refractivity contribution in [2.45, 2.75) is 95.2 Å². The molecule has 6 heteroatoms. The number of ether oxygens (including phenoxy) is 1. The Morgan fingerprint density at radius 3 is 2.50 bits per heavy atom. The average Bonchev–Trinajstić information content (AvgIpc) is 3.10. The Balaban J connectivity index is 1.61. The number of hydrogen-bond acceptors (Lipinski definition) is 6. The van der Waals surface area contributed by atoms with E-state index in [2.05, 4.69) is 6.92 Å². The van der Waals surface area contributed by atoms with Crippen molar-refractivity contribution in [3.63, 3.8) is 0 Å². The molecule has 0 bridgehead atoms. The number of fused-ring (bicyclic) bond motifs is 5. The summed E-state index contributed by atoms with van der Waals surface area (Å²) in [5.41, 5.74) is -2.75. The molecule has 0 aliphatic heterocycles. The quantitative estimate of drug-likeness (QED) is 0.399. The van der Waals surface area contributed by atoms with Gasteiger partial charge in [0.1, 0.15) is 17.3 Å². The van der Waals surface area contributed by atoms with Crippen LogP contribution in [0.4, 0.5) is 0 Å². The van der Waals surface area contributed by atoms with E-state index in [1.807, 2.05) is 19.1 Å². The Labute approximate surface area is 201 Å². The fraction of sp³-hybridized carbons (Fsp3) is 0.679. The maximum atomic E-state index is 13.2. The summed E-state index contributed by atoms with van der Waals surface area (Å²) in [4.78, 5) is 13.2. The molecule has 4 aliphatic rings. The highest BCUT2D eigenvalue weighted by Crippen LogP contribution is 2.70. The van der Waals surface area contributed by atoms with E-state index < -0.39 is 40.2 Å². The van der Waals surface area contributed by atoms with Crippen molar-refractivity contribution in [2.24, 2.45) is 22.7 Å². The zero-order valence-electron chi connectivity index (χ0n) is 20.4. The Kier molecular flexibility index (Phi) is 5.56. The minimum atomic E-state index is -1.52. The summed E-state index contributed by atoms with van der Waals surface area (Å²) in [6, 6.07) is 8.83. The van der Waals surface area contributed by atoms with Gasteiger partial charge in [-0.3, -0.25) is 0 Å². The smallest absolute Gasteiger partial charge is 0.338 e. The number of carbonyl (C=O) groups excluding carboxylic acids is 1. The molecule has 1 aromatic carbocycles. The van der Waals surface area contributed by atoms with E-state index in [1.54, 1.807) is 31.2 Å². The maximum Gasteiger partial charge on any atom is 0.338 e. The van der Waals surface area contributed by atoms with Crippen molar-refractivity contribution in [3.8, 4) is 0 Å². The molecule has 4 aliphatic carbocycles. The number of benzene rings is 1. The minimum absolute atomic E-state index is 0.299. The molecule has 0 spiro atoms. The van der Waals surface area contributed by atoms with Crippen LogP contribution in [-0.4, -0.2) is 55.9 Å². The first-order chi connectivity index (χ1) is 16.0. The van der Waals surface area contributed by atoms with Crippen molar-refractivity contribution in [3.05, 3.63) is 47.5 Å². The molecule has 3 fully saturated rings. The fourth-order valence-electron chi connectivity index (χ4n) is 8.36. The number of rotatable bonds is 3. The molecule has 0 saturated heterocycles. The average molecular weight is 471 g/mol. The summed E-state index contributed by atoms with van der Waals surface area (Å²) in [7, 11) is 0. The first-order valence-electron chi connectivity index (χ1n) is 12.7. The second kappa shape index (κ2) is 7.89. The van der Waals surface area contributed by atoms with Gasteiger partial charge in [0.2, 0.25) is 0 Å². The molecule has 0 unspecified atom stereocenters. The van der Waals surface area contributed by atoms with Gasteiger partial charge in [0, 0.05) is 11.3 Å². The van der Waals surface area contributed by atoms with Gasteiger partial charge in [0.05, 0.1) is 17.8 Å². The molecule has 186 valence electrons. The Hall–Kier alpha value is -1.73. The van der Waals surface area contributed by atoms with Crippen LogP contribution in [0.2, 0.25) is 0 Å². The topological polar surface area (TPSA) is 107 Å². The predicted octanol–water partition coefficient (Wildman–Crippen LogP) is 3.37. The largest absolute Gasteiger partial charge is 0.458 e. The summed E-state index contributed by atoms with van der Waals surface area (Å²) >= 11 is 0. The number of aliphatic hydroxyl groups excluding tert-OH is 2. The Morgan fingerprint density at radius 2 is 1.82 bits per heavy atom. The van der Waals surface area contributed by atoms with Crippen LogP contribution < -0.4 is 0 Å². The SMILES string of the molecule is C[C@H](O)[C@H]1CC[C@@]2(O)[C@]1(C)[C@H](OC(=O)c1ccccc1)C[C@@H]1[C@@]3(C)CC[C@H](O)CC3=CC[C@]12O. The van der Waals surface area contributed by atoms with Crippen LogP contribution in [0.25, 0.3) is 0 Å². The highest BCUT2D eigenvalue weighted by atomic mass is 16.5. The second-order valence-electron chi connectivity index (χ2n) is 11.7. The van der Waals surface area contributed by atoms with Crippen LogP contribution in [0.15, 0.2) is 42.0 Å². The van der Waals surface area contributed by atoms with Crippen LogP contribution in [0.3, 0.4) is 0 Å². The lowest BCUT2D eigenvalue weighted by Crippen LogP contribution is -2.75. The van der Waals surface area contributed by atoms with E-state index in [9.17, 15) is 25.2 Å². The monoisotopic (exact) mass is 470 g/mol. The van der Waals surface area contributed by atoms with Crippen LogP contribution >= 0.6 is 0 Å². The lowest BCUT2D eigenvalue weighted by molar-refractivity contribution is -0.302. The second-order valence-corrected chi connectivity index (χ2v) is 11.7. The number of esters is 1. The van der Waals surface area contributed by atoms with Gasteiger partial charge in [-0.05, 0) is 75.3 Å². The van der Waals surface area contributed by atoms with Crippen LogP contribution in [0.1, 0.15) is 76.1 Å². The van der Waals surface area contributed by atoms with E-state index in [0.717, 1.165) is 5.57 Å². The molecule has 34 heavy (non-hydrogen) atoms. The molecule has 0 heterocycles. The first-order valence-corrected chi connectivity index (χ1v) is 12.7. The zero-order chi connectivity index (χ0) is 24.5. The van der Waals surface area contributed by atoms with E-state index >= 15 is 0 Å². The van der Waals surface area contributed by atoms with Crippen molar-refractivity contribution in [2.75, 3.05) is 0 Å². The van der Waals surface area contributed by atoms with Crippen molar-refractivity contribution >= 4 is 5.97 Å². The predicted molar refractivity (Wildman–Crippen MR) is 127 cm³/mol. The maximum absolute atomic E-state index is 13.2. The van der Waals surface area contributed by atoms with Gasteiger partial charge in [-0.25, -0.2) is 4.79 Å². The van der Waals surface area contributed by atoms with E-state index in [4.69, 9.17) is 4.74 Å². The van der Waals surface area contributed by atoms with Crippen LogP contribution in [0.5, 0.6) is 0 Å². The molecule has 9 atom stereocenters. The van der Waals surface area contributed by atoms with Gasteiger partial charge in [-0.15, -0.1) is 0 Å². The van der Waals surface area contributed by atoms with Gasteiger partial charge >= 0.3 is 5.97 Å². The van der Waals surface area contributed by atoms with Crippen molar-refractivity contribution in [1.29, 1.82) is 0 Å². The van der Waals surface area contributed by atoms with E-state index in [0.29, 0.717) is 50.5 Å². The van der Waals surface area contributed by atoms with Gasteiger partial charge in [-0.1, -0.05) is 43.7 Å². The molecule has 6 nitrogen and oxygen atoms in total. The highest BCUT2D eigenvalue weighted by molar-refractivity contribution is 5.89. The van der Waals surface area contributed by atoms with Crippen LogP contribution in [-0.2, 0) is 4.74 Å². The lowest BCUT2D eigenvalue weighted by Gasteiger charge is -2.66. The molecular weight excluding hydrogens is 432 g/mol. The number of aliphatic hydroxyl groups is 4. The van der Waals surface area contributed by atoms with E-state index in [1.165, 1.54) is 0 Å². The normalized spacial score (nSPS) is 46.5. The molecule has 0 aromatic heterocycles. The summed E-state index contributed by atoms with van der Waals surface area (Å²) < 4.78 is 6.19.